The van der Waals surface area contributed by atoms with Crippen LogP contribution in [0.1, 0.15) is 53.9 Å². The first-order chi connectivity index (χ1) is 12.9. The molecule has 1 unspecified atom stereocenters. The Labute approximate surface area is 160 Å². The van der Waals surface area contributed by atoms with Crippen molar-refractivity contribution in [3.8, 4) is 0 Å². The van der Waals surface area contributed by atoms with E-state index in [0.29, 0.717) is 17.9 Å². The molecular weight excluding hydrogens is 364 g/mol. The van der Waals surface area contributed by atoms with Crippen LogP contribution < -0.4 is 5.32 Å². The number of carbonyl (C=O) groups excluding carboxylic acids is 2. The highest BCUT2D eigenvalue weighted by Crippen LogP contribution is 2.45. The van der Waals surface area contributed by atoms with Gasteiger partial charge in [-0.25, -0.2) is 8.42 Å². The topological polar surface area (TPSA) is 83.6 Å². The van der Waals surface area contributed by atoms with Gasteiger partial charge in [-0.15, -0.1) is 0 Å². The van der Waals surface area contributed by atoms with Gasteiger partial charge in [0.05, 0.1) is 11.7 Å². The molecule has 2 aliphatic heterocycles. The SMILES string of the molecule is CNC(=O)C1CCS(=O)(=O)C12CN(C(=O)c1ccc(C3CCCC3)cc1)C2. The summed E-state index contributed by atoms with van der Waals surface area (Å²) in [4.78, 5) is 26.5. The molecule has 3 aliphatic rings. The van der Waals surface area contributed by atoms with Gasteiger partial charge in [-0.05, 0) is 42.9 Å². The van der Waals surface area contributed by atoms with Crippen molar-refractivity contribution in [1.82, 2.24) is 10.2 Å². The van der Waals surface area contributed by atoms with Crippen molar-refractivity contribution in [3.05, 3.63) is 35.4 Å². The first-order valence-corrected chi connectivity index (χ1v) is 11.4. The largest absolute Gasteiger partial charge is 0.359 e. The quantitative estimate of drug-likeness (QED) is 0.852. The van der Waals surface area contributed by atoms with Gasteiger partial charge in [0.25, 0.3) is 5.91 Å². The second kappa shape index (κ2) is 6.62. The Morgan fingerprint density at radius 1 is 1.07 bits per heavy atom. The molecule has 2 amide bonds. The van der Waals surface area contributed by atoms with Gasteiger partial charge in [-0.3, -0.25) is 9.59 Å². The van der Waals surface area contributed by atoms with Crippen LogP contribution in [0.3, 0.4) is 0 Å². The fraction of sp³-hybridized carbons (Fsp3) is 0.600. The summed E-state index contributed by atoms with van der Waals surface area (Å²) in [6.07, 6.45) is 5.28. The Morgan fingerprint density at radius 2 is 1.70 bits per heavy atom. The molecule has 1 atom stereocenters. The number of carbonyl (C=O) groups is 2. The molecule has 3 fully saturated rings. The van der Waals surface area contributed by atoms with E-state index in [9.17, 15) is 18.0 Å². The molecule has 1 aromatic rings. The van der Waals surface area contributed by atoms with E-state index in [-0.39, 0.29) is 30.7 Å². The Hall–Kier alpha value is -1.89. The molecule has 0 aromatic heterocycles. The number of amides is 2. The second-order valence-corrected chi connectivity index (χ2v) is 10.6. The Kier molecular flexibility index (Phi) is 4.53. The van der Waals surface area contributed by atoms with Gasteiger partial charge in [0.15, 0.2) is 9.84 Å². The Morgan fingerprint density at radius 3 is 2.30 bits per heavy atom. The summed E-state index contributed by atoms with van der Waals surface area (Å²) in [5.41, 5.74) is 1.86. The number of nitrogens with one attached hydrogen (secondary N) is 1. The van der Waals surface area contributed by atoms with E-state index in [4.69, 9.17) is 0 Å². The smallest absolute Gasteiger partial charge is 0.253 e. The maximum absolute atomic E-state index is 12.8. The third-order valence-electron chi connectivity index (χ3n) is 6.68. The molecule has 1 spiro atoms. The fourth-order valence-corrected chi connectivity index (χ4v) is 7.32. The van der Waals surface area contributed by atoms with E-state index >= 15 is 0 Å². The van der Waals surface area contributed by atoms with Crippen molar-refractivity contribution < 1.29 is 18.0 Å². The van der Waals surface area contributed by atoms with Gasteiger partial charge in [0.2, 0.25) is 5.91 Å². The highest BCUT2D eigenvalue weighted by Gasteiger charge is 2.64. The summed E-state index contributed by atoms with van der Waals surface area (Å²) < 4.78 is 24.0. The summed E-state index contributed by atoms with van der Waals surface area (Å²) in [7, 11) is -1.85. The summed E-state index contributed by atoms with van der Waals surface area (Å²) in [5.74, 6) is -0.358. The molecule has 2 saturated heterocycles. The minimum Gasteiger partial charge on any atom is -0.359 e. The number of likely N-dealkylation sites (tertiary alicyclic amines) is 1. The van der Waals surface area contributed by atoms with Crippen LogP contribution in [0.2, 0.25) is 0 Å². The van der Waals surface area contributed by atoms with E-state index in [1.54, 1.807) is 4.90 Å². The zero-order valence-electron chi connectivity index (χ0n) is 15.6. The monoisotopic (exact) mass is 390 g/mol. The van der Waals surface area contributed by atoms with E-state index in [1.165, 1.54) is 38.3 Å². The minimum absolute atomic E-state index is 0.0171. The van der Waals surface area contributed by atoms with Gasteiger partial charge < -0.3 is 10.2 Å². The zero-order chi connectivity index (χ0) is 19.2. The number of sulfone groups is 1. The molecule has 7 heteroatoms. The van der Waals surface area contributed by atoms with Crippen LogP contribution in [0, 0.1) is 5.92 Å². The number of hydrogen-bond donors (Lipinski definition) is 1. The van der Waals surface area contributed by atoms with E-state index < -0.39 is 20.5 Å². The lowest BCUT2D eigenvalue weighted by Gasteiger charge is -2.49. The fourth-order valence-electron chi connectivity index (χ4n) is 5.00. The van der Waals surface area contributed by atoms with Crippen LogP contribution in [0.15, 0.2) is 24.3 Å². The van der Waals surface area contributed by atoms with Gasteiger partial charge in [0, 0.05) is 25.7 Å². The van der Waals surface area contributed by atoms with Crippen molar-refractivity contribution in [2.45, 2.75) is 42.8 Å². The first kappa shape index (κ1) is 18.5. The van der Waals surface area contributed by atoms with Crippen LogP contribution in [-0.4, -0.2) is 55.8 Å². The van der Waals surface area contributed by atoms with Gasteiger partial charge in [-0.1, -0.05) is 25.0 Å². The highest BCUT2D eigenvalue weighted by molar-refractivity contribution is 7.93. The Balaban J connectivity index is 1.48. The lowest BCUT2D eigenvalue weighted by Crippen LogP contribution is -2.69. The van der Waals surface area contributed by atoms with Crippen molar-refractivity contribution in [2.24, 2.45) is 5.92 Å². The summed E-state index contributed by atoms with van der Waals surface area (Å²) >= 11 is 0. The lowest BCUT2D eigenvalue weighted by atomic mass is 9.82. The normalized spacial score (nSPS) is 26.1. The third kappa shape index (κ3) is 2.87. The predicted molar refractivity (Wildman–Crippen MR) is 102 cm³/mol. The molecule has 1 aliphatic carbocycles. The van der Waals surface area contributed by atoms with E-state index in [0.717, 1.165) is 0 Å². The molecule has 0 bridgehead atoms. The minimum atomic E-state index is -3.38. The van der Waals surface area contributed by atoms with Crippen LogP contribution in [0.5, 0.6) is 0 Å². The van der Waals surface area contributed by atoms with E-state index in [1.807, 2.05) is 24.3 Å². The predicted octanol–water partition coefficient (Wildman–Crippen LogP) is 1.72. The number of hydrogen-bond acceptors (Lipinski definition) is 4. The molecule has 1 N–H and O–H groups in total. The number of nitrogens with zero attached hydrogens (tertiary/aromatic N) is 1. The standard InChI is InChI=1S/C20H26N2O4S/c1-21-18(23)17-10-11-27(25,26)20(17)12-22(13-20)19(24)16-8-6-15(7-9-16)14-4-2-3-5-14/h6-9,14,17H,2-5,10-13H2,1H3,(H,21,23). The average molecular weight is 391 g/mol. The molecule has 4 rings (SSSR count). The summed E-state index contributed by atoms with van der Waals surface area (Å²) in [6.45, 7) is 0.216. The molecular formula is C20H26N2O4S. The van der Waals surface area contributed by atoms with Gasteiger partial charge in [-0.2, -0.15) is 0 Å². The molecule has 27 heavy (non-hydrogen) atoms. The summed E-state index contributed by atoms with van der Waals surface area (Å²) in [5, 5.41) is 2.57. The molecule has 1 aromatic carbocycles. The van der Waals surface area contributed by atoms with Crippen LogP contribution in [0.4, 0.5) is 0 Å². The summed E-state index contributed by atoms with van der Waals surface area (Å²) in [6, 6.07) is 7.75. The van der Waals surface area contributed by atoms with Crippen molar-refractivity contribution in [1.29, 1.82) is 0 Å². The van der Waals surface area contributed by atoms with Crippen molar-refractivity contribution in [3.63, 3.8) is 0 Å². The van der Waals surface area contributed by atoms with Gasteiger partial charge in [0.1, 0.15) is 4.75 Å². The number of benzene rings is 1. The molecule has 6 nitrogen and oxygen atoms in total. The average Bonchev–Trinajstić information content (AvgIpc) is 3.25. The van der Waals surface area contributed by atoms with Crippen LogP contribution in [0.25, 0.3) is 0 Å². The van der Waals surface area contributed by atoms with Crippen LogP contribution >= 0.6 is 0 Å². The molecule has 146 valence electrons. The maximum Gasteiger partial charge on any atom is 0.253 e. The van der Waals surface area contributed by atoms with Crippen LogP contribution in [-0.2, 0) is 14.6 Å². The second-order valence-electron chi connectivity index (χ2n) is 8.10. The zero-order valence-corrected chi connectivity index (χ0v) is 16.4. The van der Waals surface area contributed by atoms with Gasteiger partial charge >= 0.3 is 0 Å². The first-order valence-electron chi connectivity index (χ1n) is 9.71. The molecule has 1 saturated carbocycles. The lowest BCUT2D eigenvalue weighted by molar-refractivity contribution is -0.126. The van der Waals surface area contributed by atoms with E-state index in [2.05, 4.69) is 5.32 Å². The van der Waals surface area contributed by atoms with Crippen molar-refractivity contribution in [2.75, 3.05) is 25.9 Å². The molecule has 2 heterocycles. The third-order valence-corrected chi connectivity index (χ3v) is 9.24. The van der Waals surface area contributed by atoms with Crippen molar-refractivity contribution >= 4 is 21.7 Å². The maximum atomic E-state index is 12.8. The number of rotatable bonds is 3. The Bertz CT molecular complexity index is 850. The highest BCUT2D eigenvalue weighted by atomic mass is 32.2. The molecule has 0 radical (unpaired) electrons.